The molecule has 0 aromatic carbocycles. The topological polar surface area (TPSA) is 182 Å². The maximum atomic E-state index is 11.4. The molecule has 0 spiro atoms. The molecule has 1 aliphatic heterocycles. The monoisotopic (exact) mass is 440 g/mol. The average Bonchev–Trinajstić information content (AvgIpc) is 2.54. The summed E-state index contributed by atoms with van der Waals surface area (Å²) in [4.78, 5) is 58.2. The van der Waals surface area contributed by atoms with Gasteiger partial charge in [-0.15, -0.1) is 0 Å². The van der Waals surface area contributed by atoms with Crippen molar-refractivity contribution in [1.29, 1.82) is 0 Å². The van der Waals surface area contributed by atoms with Crippen molar-refractivity contribution in [2.45, 2.75) is 0 Å². The first kappa shape index (κ1) is 25.4. The van der Waals surface area contributed by atoms with E-state index >= 15 is 0 Å². The maximum absolute atomic E-state index is 11.4. The molecule has 0 radical (unpaired) electrons. The van der Waals surface area contributed by atoms with Crippen molar-refractivity contribution in [2.24, 2.45) is 0 Å². The Morgan fingerprint density at radius 3 is 1.03 bits per heavy atom. The molecular weight excluding hydrogens is 411 g/mol. The number of rotatable bonds is 8. The summed E-state index contributed by atoms with van der Waals surface area (Å²) in [6.45, 7) is 0.995. The molecule has 1 aliphatic rings. The Kier molecular flexibility index (Phi) is 10.7. The lowest BCUT2D eigenvalue weighted by Gasteiger charge is -2.33. The Balaban J connectivity index is 2.95. The van der Waals surface area contributed by atoms with Gasteiger partial charge in [0, 0.05) is 52.4 Å². The van der Waals surface area contributed by atoms with Crippen LogP contribution in [0.4, 0.5) is 0 Å². The first-order valence-electron chi connectivity index (χ1n) is 9.04. The minimum absolute atomic E-state index is 0.179. The van der Waals surface area contributed by atoms with Gasteiger partial charge in [0.25, 0.3) is 0 Å². The molecule has 0 amide bonds. The highest BCUT2D eigenvalue weighted by Gasteiger charge is 2.23. The molecule has 0 aliphatic carbocycles. The third-order valence-electron chi connectivity index (χ3n) is 4.39. The quantitative estimate of drug-likeness (QED) is 0.252. The Morgan fingerprint density at radius 2 is 0.828 bits per heavy atom. The van der Waals surface area contributed by atoms with Crippen LogP contribution in [0.25, 0.3) is 0 Å². The number of carboxylic acids is 3. The van der Waals surface area contributed by atoms with E-state index in [-0.39, 0.29) is 72.0 Å². The second-order valence-electron chi connectivity index (χ2n) is 6.93. The van der Waals surface area contributed by atoms with Gasteiger partial charge in [0.15, 0.2) is 0 Å². The number of hydrogen-bond donors (Lipinski definition) is 5. The molecule has 1 heterocycles. The van der Waals surface area contributed by atoms with E-state index in [1.165, 1.54) is 4.90 Å². The van der Waals surface area contributed by atoms with E-state index in [1.54, 1.807) is 14.7 Å². The standard InChI is InChI=1S/C15H29N4O9P/c20-13(21)9-16-1-3-17(10-14(22)23)5-7-19(12-29(26,27)28)8-6-18(4-2-16)11-15(24)25/h1-12H2,(H,20,21)(H,22,23)(H,24,25)(H2,26,27,28). The maximum Gasteiger partial charge on any atom is 0.339 e. The summed E-state index contributed by atoms with van der Waals surface area (Å²) in [7, 11) is -4.35. The summed E-state index contributed by atoms with van der Waals surface area (Å²) in [5.41, 5.74) is 0. The summed E-state index contributed by atoms with van der Waals surface area (Å²) in [6.07, 6.45) is -0.514. The fourth-order valence-electron chi connectivity index (χ4n) is 3.03. The van der Waals surface area contributed by atoms with Gasteiger partial charge >= 0.3 is 25.5 Å². The lowest BCUT2D eigenvalue weighted by atomic mass is 10.3. The van der Waals surface area contributed by atoms with Crippen LogP contribution in [0.15, 0.2) is 0 Å². The zero-order valence-corrected chi connectivity index (χ0v) is 17.0. The predicted molar refractivity (Wildman–Crippen MR) is 101 cm³/mol. The molecule has 0 atom stereocenters. The Morgan fingerprint density at radius 1 is 0.586 bits per heavy atom. The molecule has 0 saturated carbocycles. The van der Waals surface area contributed by atoms with Crippen LogP contribution in [0.5, 0.6) is 0 Å². The van der Waals surface area contributed by atoms with Gasteiger partial charge < -0.3 is 25.1 Å². The summed E-state index contributed by atoms with van der Waals surface area (Å²) in [5, 5.41) is 27.3. The van der Waals surface area contributed by atoms with Crippen LogP contribution in [0.3, 0.4) is 0 Å². The number of carbonyl (C=O) groups is 3. The molecule has 29 heavy (non-hydrogen) atoms. The molecule has 1 saturated heterocycles. The van der Waals surface area contributed by atoms with E-state index in [0.29, 0.717) is 0 Å². The number of aliphatic carboxylic acids is 3. The van der Waals surface area contributed by atoms with Crippen LogP contribution >= 0.6 is 7.60 Å². The average molecular weight is 440 g/mol. The molecule has 168 valence electrons. The molecule has 1 fully saturated rings. The van der Waals surface area contributed by atoms with Crippen molar-refractivity contribution < 1.29 is 44.1 Å². The molecule has 0 aromatic rings. The number of hydrogen-bond acceptors (Lipinski definition) is 8. The third kappa shape index (κ3) is 12.5. The van der Waals surface area contributed by atoms with Crippen LogP contribution in [0.1, 0.15) is 0 Å². The Bertz CT molecular complexity index is 583. The molecule has 13 nitrogen and oxygen atoms in total. The summed E-state index contributed by atoms with van der Waals surface area (Å²) < 4.78 is 11.4. The van der Waals surface area contributed by atoms with Crippen molar-refractivity contribution in [3.8, 4) is 0 Å². The van der Waals surface area contributed by atoms with Gasteiger partial charge in [0.2, 0.25) is 0 Å². The van der Waals surface area contributed by atoms with Gasteiger partial charge in [-0.3, -0.25) is 38.5 Å². The van der Waals surface area contributed by atoms with Gasteiger partial charge in [-0.1, -0.05) is 0 Å². The minimum atomic E-state index is -4.35. The van der Waals surface area contributed by atoms with Crippen molar-refractivity contribution >= 4 is 25.5 Å². The van der Waals surface area contributed by atoms with Crippen LogP contribution in [-0.4, -0.2) is 141 Å². The van der Waals surface area contributed by atoms with Crippen molar-refractivity contribution in [3.63, 3.8) is 0 Å². The van der Waals surface area contributed by atoms with E-state index in [0.717, 1.165) is 0 Å². The normalized spacial score (nSPS) is 19.9. The van der Waals surface area contributed by atoms with Crippen molar-refractivity contribution in [2.75, 3.05) is 78.3 Å². The lowest BCUT2D eigenvalue weighted by molar-refractivity contribution is -0.140. The van der Waals surface area contributed by atoms with Gasteiger partial charge in [-0.2, -0.15) is 0 Å². The minimum Gasteiger partial charge on any atom is -0.480 e. The summed E-state index contributed by atoms with van der Waals surface area (Å²) in [6, 6.07) is 0. The molecule has 0 bridgehead atoms. The fraction of sp³-hybridized carbons (Fsp3) is 0.800. The fourth-order valence-corrected chi connectivity index (χ4v) is 3.83. The zero-order valence-electron chi connectivity index (χ0n) is 16.1. The van der Waals surface area contributed by atoms with E-state index < -0.39 is 31.8 Å². The second-order valence-corrected chi connectivity index (χ2v) is 8.55. The van der Waals surface area contributed by atoms with Gasteiger partial charge in [-0.05, 0) is 0 Å². The van der Waals surface area contributed by atoms with Crippen LogP contribution < -0.4 is 0 Å². The number of nitrogens with zero attached hydrogens (tertiary/aromatic N) is 4. The van der Waals surface area contributed by atoms with E-state index in [1.807, 2.05) is 0 Å². The molecule has 14 heteroatoms. The van der Waals surface area contributed by atoms with Crippen LogP contribution in [-0.2, 0) is 18.9 Å². The largest absolute Gasteiger partial charge is 0.480 e. The van der Waals surface area contributed by atoms with E-state index in [2.05, 4.69) is 0 Å². The van der Waals surface area contributed by atoms with Crippen molar-refractivity contribution in [3.05, 3.63) is 0 Å². The molecule has 0 unspecified atom stereocenters. The summed E-state index contributed by atoms with van der Waals surface area (Å²) >= 11 is 0. The van der Waals surface area contributed by atoms with Crippen LogP contribution in [0, 0.1) is 0 Å². The molecule has 1 rings (SSSR count). The van der Waals surface area contributed by atoms with Crippen molar-refractivity contribution in [1.82, 2.24) is 19.6 Å². The zero-order chi connectivity index (χ0) is 22.0. The SMILES string of the molecule is O=C(O)CN1CCN(CC(=O)O)CCN(CP(=O)(O)O)CCN(CC(=O)O)CC1. The Labute approximate surface area is 168 Å². The second kappa shape index (κ2) is 12.2. The molecular formula is C15H29N4O9P. The predicted octanol–water partition coefficient (Wildman–Crippen LogP) is -2.40. The lowest BCUT2D eigenvalue weighted by Crippen LogP contribution is -2.48. The van der Waals surface area contributed by atoms with Crippen LogP contribution in [0.2, 0.25) is 0 Å². The Hall–Kier alpha value is -1.60. The molecule has 5 N–H and O–H groups in total. The van der Waals surface area contributed by atoms with E-state index in [9.17, 15) is 28.7 Å². The first-order valence-corrected chi connectivity index (χ1v) is 10.8. The third-order valence-corrected chi connectivity index (χ3v) is 5.16. The smallest absolute Gasteiger partial charge is 0.339 e. The molecule has 0 aromatic heterocycles. The van der Waals surface area contributed by atoms with Gasteiger partial charge in [0.05, 0.1) is 19.6 Å². The summed E-state index contributed by atoms with van der Waals surface area (Å²) in [5.74, 6) is -3.16. The highest BCUT2D eigenvalue weighted by Crippen LogP contribution is 2.34. The van der Waals surface area contributed by atoms with Gasteiger partial charge in [-0.25, -0.2) is 0 Å². The highest BCUT2D eigenvalue weighted by atomic mass is 31.2. The van der Waals surface area contributed by atoms with E-state index in [4.69, 9.17) is 15.3 Å². The first-order chi connectivity index (χ1) is 13.4. The highest BCUT2D eigenvalue weighted by molar-refractivity contribution is 7.51. The van der Waals surface area contributed by atoms with Gasteiger partial charge in [0.1, 0.15) is 6.29 Å². The number of carboxylic acid groups (broad SMARTS) is 3.